The van der Waals surface area contributed by atoms with Gasteiger partial charge in [0, 0.05) is 7.11 Å². The van der Waals surface area contributed by atoms with Crippen LogP contribution in [0.4, 0.5) is 0 Å². The number of rotatable bonds is 15. The van der Waals surface area contributed by atoms with Gasteiger partial charge in [-0.05, 0) is 19.1 Å². The van der Waals surface area contributed by atoms with E-state index in [1.807, 2.05) is 6.92 Å². The van der Waals surface area contributed by atoms with Gasteiger partial charge >= 0.3 is 0 Å². The molecule has 1 rings (SSSR count). The second-order valence-corrected chi connectivity index (χ2v) is 6.88. The van der Waals surface area contributed by atoms with Crippen molar-refractivity contribution in [2.75, 3.05) is 73.2 Å². The molecule has 9 nitrogen and oxygen atoms in total. The zero-order chi connectivity index (χ0) is 21.1. The molecule has 0 saturated heterocycles. The van der Waals surface area contributed by atoms with E-state index >= 15 is 0 Å². The Morgan fingerprint density at radius 1 is 0.750 bits per heavy atom. The highest BCUT2D eigenvalue weighted by molar-refractivity contribution is 7.85. The number of aryl methyl sites for hydroxylation is 1. The highest BCUT2D eigenvalue weighted by Crippen LogP contribution is 2.08. The third-order valence-electron chi connectivity index (χ3n) is 3.10. The van der Waals surface area contributed by atoms with Crippen molar-refractivity contribution >= 4 is 10.1 Å². The molecule has 0 aliphatic rings. The van der Waals surface area contributed by atoms with Gasteiger partial charge in [0.15, 0.2) is 0 Å². The quantitative estimate of drug-likeness (QED) is 0.313. The maximum atomic E-state index is 10.5. The van der Waals surface area contributed by atoms with Crippen LogP contribution in [0.1, 0.15) is 5.56 Å². The molecule has 28 heavy (non-hydrogen) atoms. The van der Waals surface area contributed by atoms with Crippen LogP contribution in [0.15, 0.2) is 29.2 Å². The van der Waals surface area contributed by atoms with Crippen LogP contribution in [-0.4, -0.2) is 91.3 Å². The zero-order valence-corrected chi connectivity index (χ0v) is 17.4. The van der Waals surface area contributed by atoms with E-state index in [4.69, 9.17) is 33.3 Å². The topological polar surface area (TPSA) is 121 Å². The second-order valence-electron chi connectivity index (χ2n) is 5.45. The molecule has 0 amide bonds. The Labute approximate surface area is 167 Å². The molecular weight excluding hydrogens is 392 g/mol. The lowest BCUT2D eigenvalue weighted by Crippen LogP contribution is -2.13. The molecule has 0 aromatic heterocycles. The highest BCUT2D eigenvalue weighted by atomic mass is 32.2. The molecule has 2 N–H and O–H groups in total. The molecule has 0 aliphatic carbocycles. The minimum atomic E-state index is -4.02. The van der Waals surface area contributed by atoms with Gasteiger partial charge in [-0.3, -0.25) is 4.55 Å². The molecule has 0 unspecified atom stereocenters. The Morgan fingerprint density at radius 2 is 1.14 bits per heavy atom. The van der Waals surface area contributed by atoms with Gasteiger partial charge in [0.05, 0.1) is 71.0 Å². The van der Waals surface area contributed by atoms with Crippen molar-refractivity contribution in [3.8, 4) is 0 Å². The summed E-state index contributed by atoms with van der Waals surface area (Å²) in [5.41, 5.74) is 0.956. The van der Waals surface area contributed by atoms with Crippen LogP contribution in [0, 0.1) is 6.92 Å². The first-order valence-electron chi connectivity index (χ1n) is 8.86. The van der Waals surface area contributed by atoms with Crippen molar-refractivity contribution in [2.45, 2.75) is 11.8 Å². The Kier molecular flexibility index (Phi) is 17.2. The van der Waals surface area contributed by atoms with Crippen LogP contribution >= 0.6 is 0 Å². The first-order valence-corrected chi connectivity index (χ1v) is 10.3. The Morgan fingerprint density at radius 3 is 1.50 bits per heavy atom. The average molecular weight is 425 g/mol. The van der Waals surface area contributed by atoms with Crippen LogP contribution < -0.4 is 0 Å². The van der Waals surface area contributed by atoms with E-state index in [9.17, 15) is 8.42 Å². The van der Waals surface area contributed by atoms with E-state index in [0.717, 1.165) is 5.56 Å². The Balaban J connectivity index is 0.000000567. The fraction of sp³-hybridized carbons (Fsp3) is 0.667. The summed E-state index contributed by atoms with van der Waals surface area (Å²) in [6.07, 6.45) is 0. The molecule has 0 spiro atoms. The number of methoxy groups -OCH3 is 1. The SMILES string of the molecule is COCCOCCOCCOCCOCCO.Cc1ccc(S(=O)(=O)O)cc1. The second kappa shape index (κ2) is 18.0. The summed E-state index contributed by atoms with van der Waals surface area (Å²) in [5.74, 6) is 0. The summed E-state index contributed by atoms with van der Waals surface area (Å²) in [6, 6.07) is 5.99. The molecule has 0 atom stereocenters. The summed E-state index contributed by atoms with van der Waals surface area (Å²) in [7, 11) is -2.38. The van der Waals surface area contributed by atoms with Crippen molar-refractivity contribution in [1.29, 1.82) is 0 Å². The molecule has 164 valence electrons. The maximum Gasteiger partial charge on any atom is 0.294 e. The number of aliphatic hydroxyl groups excluding tert-OH is 1. The normalized spacial score (nSPS) is 11.1. The summed E-state index contributed by atoms with van der Waals surface area (Å²) in [6.45, 7) is 6.70. The standard InChI is InChI=1S/C11H24O6.C7H8O3S/c1-13-4-5-15-8-9-17-11-10-16-7-6-14-3-2-12;1-6-2-4-7(5-3-6)11(8,9)10/h12H,2-11H2,1H3;2-5H,1H3,(H,8,9,10). The van der Waals surface area contributed by atoms with Gasteiger partial charge in [0.2, 0.25) is 0 Å². The lowest BCUT2D eigenvalue weighted by atomic mass is 10.2. The monoisotopic (exact) mass is 424 g/mol. The molecule has 0 aliphatic heterocycles. The molecule has 1 aromatic rings. The third kappa shape index (κ3) is 17.0. The number of hydrogen-bond donors (Lipinski definition) is 2. The van der Waals surface area contributed by atoms with E-state index in [2.05, 4.69) is 0 Å². The first-order chi connectivity index (χ1) is 13.4. The van der Waals surface area contributed by atoms with E-state index in [-0.39, 0.29) is 11.5 Å². The van der Waals surface area contributed by atoms with Crippen LogP contribution in [0.3, 0.4) is 0 Å². The summed E-state index contributed by atoms with van der Waals surface area (Å²) in [4.78, 5) is -0.0666. The first kappa shape index (κ1) is 26.9. The van der Waals surface area contributed by atoms with Gasteiger partial charge in [-0.25, -0.2) is 0 Å². The molecule has 1 aromatic carbocycles. The maximum absolute atomic E-state index is 10.5. The summed E-state index contributed by atoms with van der Waals surface area (Å²) < 4.78 is 55.1. The van der Waals surface area contributed by atoms with Crippen molar-refractivity contribution in [2.24, 2.45) is 0 Å². The average Bonchev–Trinajstić information content (AvgIpc) is 2.66. The van der Waals surface area contributed by atoms with E-state index in [1.165, 1.54) is 12.1 Å². The number of hydrogen-bond acceptors (Lipinski definition) is 8. The fourth-order valence-electron chi connectivity index (χ4n) is 1.68. The molecule has 0 heterocycles. The summed E-state index contributed by atoms with van der Waals surface area (Å²) >= 11 is 0. The van der Waals surface area contributed by atoms with Gasteiger partial charge in [-0.2, -0.15) is 8.42 Å². The summed E-state index contributed by atoms with van der Waals surface area (Å²) in [5, 5.41) is 8.44. The fourth-order valence-corrected chi connectivity index (χ4v) is 2.16. The van der Waals surface area contributed by atoms with E-state index < -0.39 is 10.1 Å². The third-order valence-corrected chi connectivity index (χ3v) is 3.97. The molecule has 0 saturated carbocycles. The highest BCUT2D eigenvalue weighted by Gasteiger charge is 2.06. The smallest absolute Gasteiger partial charge is 0.294 e. The molecule has 0 bridgehead atoms. The van der Waals surface area contributed by atoms with Gasteiger partial charge in [0.25, 0.3) is 10.1 Å². The van der Waals surface area contributed by atoms with Crippen LogP contribution in [0.25, 0.3) is 0 Å². The number of benzene rings is 1. The largest absolute Gasteiger partial charge is 0.394 e. The minimum Gasteiger partial charge on any atom is -0.394 e. The van der Waals surface area contributed by atoms with E-state index in [1.54, 1.807) is 19.2 Å². The molecule has 0 fully saturated rings. The van der Waals surface area contributed by atoms with Gasteiger partial charge in [-0.1, -0.05) is 17.7 Å². The van der Waals surface area contributed by atoms with Crippen molar-refractivity contribution in [3.05, 3.63) is 29.8 Å². The van der Waals surface area contributed by atoms with Crippen LogP contribution in [-0.2, 0) is 33.8 Å². The Hall–Kier alpha value is -1.11. The predicted molar refractivity (Wildman–Crippen MR) is 103 cm³/mol. The van der Waals surface area contributed by atoms with Crippen LogP contribution in [0.5, 0.6) is 0 Å². The number of ether oxygens (including phenoxy) is 5. The van der Waals surface area contributed by atoms with Gasteiger partial charge in [-0.15, -0.1) is 0 Å². The number of aliphatic hydroxyl groups is 1. The van der Waals surface area contributed by atoms with Crippen molar-refractivity contribution in [1.82, 2.24) is 0 Å². The lowest BCUT2D eigenvalue weighted by Gasteiger charge is -2.06. The van der Waals surface area contributed by atoms with Crippen molar-refractivity contribution < 1.29 is 41.8 Å². The van der Waals surface area contributed by atoms with Gasteiger partial charge < -0.3 is 28.8 Å². The van der Waals surface area contributed by atoms with Crippen molar-refractivity contribution in [3.63, 3.8) is 0 Å². The zero-order valence-electron chi connectivity index (χ0n) is 16.5. The minimum absolute atomic E-state index is 0.0478. The lowest BCUT2D eigenvalue weighted by molar-refractivity contribution is -0.0105. The Bertz CT molecular complexity index is 547. The van der Waals surface area contributed by atoms with E-state index in [0.29, 0.717) is 59.5 Å². The van der Waals surface area contributed by atoms with Crippen LogP contribution in [0.2, 0.25) is 0 Å². The molecular formula is C18H32O9S. The predicted octanol–water partition coefficient (Wildman–Crippen LogP) is 0.933. The molecule has 10 heteroatoms. The molecule has 0 radical (unpaired) electrons. The van der Waals surface area contributed by atoms with Gasteiger partial charge in [0.1, 0.15) is 0 Å².